The number of rotatable bonds is 7. The van der Waals surface area contributed by atoms with Crippen LogP contribution in [0.3, 0.4) is 0 Å². The number of halogens is 2. The Kier molecular flexibility index (Phi) is 8.84. The maximum absolute atomic E-state index is 16.8. The number of carbonyl (C=O) groups is 2. The molecule has 42 heavy (non-hydrogen) atoms. The number of fused-ring (bicyclic) bond motifs is 2. The summed E-state index contributed by atoms with van der Waals surface area (Å²) in [7, 11) is 3.38. The number of benzene rings is 2. The van der Waals surface area contributed by atoms with Gasteiger partial charge in [-0.1, -0.05) is 49.7 Å². The Morgan fingerprint density at radius 1 is 1.17 bits per heavy atom. The predicted octanol–water partition coefficient (Wildman–Crippen LogP) is 4.06. The van der Waals surface area contributed by atoms with Crippen LogP contribution < -0.4 is 10.2 Å². The van der Waals surface area contributed by atoms with E-state index in [1.165, 1.54) is 4.90 Å². The van der Waals surface area contributed by atoms with E-state index >= 15 is 4.39 Å². The van der Waals surface area contributed by atoms with Crippen molar-refractivity contribution in [2.45, 2.75) is 45.1 Å². The van der Waals surface area contributed by atoms with Gasteiger partial charge in [0.1, 0.15) is 11.3 Å². The molecule has 1 saturated heterocycles. The van der Waals surface area contributed by atoms with E-state index in [-0.39, 0.29) is 47.2 Å². The third-order valence-corrected chi connectivity index (χ3v) is 8.83. The third-order valence-electron chi connectivity index (χ3n) is 8.52. The van der Waals surface area contributed by atoms with E-state index in [1.54, 1.807) is 20.2 Å². The fourth-order valence-corrected chi connectivity index (χ4v) is 6.36. The lowest BCUT2D eigenvalue weighted by Crippen LogP contribution is -2.49. The molecular weight excluding hydrogens is 559 g/mol. The van der Waals surface area contributed by atoms with Gasteiger partial charge in [0.05, 0.1) is 6.10 Å². The normalized spacial score (nSPS) is 20.4. The Morgan fingerprint density at radius 2 is 1.88 bits per heavy atom. The Hall–Kier alpha value is -3.50. The Morgan fingerprint density at radius 3 is 2.57 bits per heavy atom. The highest BCUT2D eigenvalue weighted by molar-refractivity contribution is 6.32. The number of aliphatic hydroxyl groups excluding tert-OH is 1. The van der Waals surface area contributed by atoms with Crippen LogP contribution in [0, 0.1) is 11.7 Å². The smallest absolute Gasteiger partial charge is 0.225 e. The highest BCUT2D eigenvalue weighted by Crippen LogP contribution is 2.46. The van der Waals surface area contributed by atoms with Crippen molar-refractivity contribution in [2.75, 3.05) is 57.0 Å². The molecule has 224 valence electrons. The third kappa shape index (κ3) is 5.74. The molecule has 1 aromatic heterocycles. The summed E-state index contributed by atoms with van der Waals surface area (Å²) in [6.07, 6.45) is 0.520. The van der Waals surface area contributed by atoms with Gasteiger partial charge < -0.3 is 25.1 Å². The summed E-state index contributed by atoms with van der Waals surface area (Å²) in [5, 5.41) is 14.7. The van der Waals surface area contributed by atoms with E-state index < -0.39 is 17.8 Å². The van der Waals surface area contributed by atoms with Crippen LogP contribution in [-0.2, 0) is 16.0 Å². The second-order valence-corrected chi connectivity index (χ2v) is 11.8. The van der Waals surface area contributed by atoms with Crippen LogP contribution in [0.5, 0.6) is 0 Å². The number of aliphatic hydroxyl groups is 1. The molecule has 0 spiro atoms. The quantitative estimate of drug-likeness (QED) is 0.424. The van der Waals surface area contributed by atoms with E-state index in [4.69, 9.17) is 16.6 Å². The van der Waals surface area contributed by atoms with Gasteiger partial charge in [0.25, 0.3) is 0 Å². The molecule has 1 fully saturated rings. The zero-order valence-corrected chi connectivity index (χ0v) is 25.3. The molecule has 0 unspecified atom stereocenters. The minimum atomic E-state index is -0.648. The molecule has 3 atom stereocenters. The van der Waals surface area contributed by atoms with Crippen molar-refractivity contribution < 1.29 is 19.1 Å². The van der Waals surface area contributed by atoms with Crippen LogP contribution in [-0.4, -0.2) is 89.6 Å². The van der Waals surface area contributed by atoms with Crippen molar-refractivity contribution in [3.05, 3.63) is 57.9 Å². The van der Waals surface area contributed by atoms with E-state index in [0.717, 1.165) is 11.1 Å². The van der Waals surface area contributed by atoms with Crippen molar-refractivity contribution in [1.82, 2.24) is 19.8 Å². The number of hydrogen-bond donors (Lipinski definition) is 2. The number of hydrogen-bond acceptors (Lipinski definition) is 7. The number of amides is 2. The zero-order valence-electron chi connectivity index (χ0n) is 24.5. The van der Waals surface area contributed by atoms with Gasteiger partial charge in [-0.25, -0.2) is 9.37 Å². The topological polar surface area (TPSA) is 102 Å². The number of anilines is 2. The number of aromatic nitrogens is 2. The first-order chi connectivity index (χ1) is 20.1. The molecule has 2 amide bonds. The molecule has 0 bridgehead atoms. The molecule has 2 heterocycles. The minimum absolute atomic E-state index is 0.0519. The highest BCUT2D eigenvalue weighted by atomic mass is 35.5. The molecule has 2 N–H and O–H groups in total. The van der Waals surface area contributed by atoms with Gasteiger partial charge in [-0.3, -0.25) is 9.59 Å². The number of nitrogens with zero attached hydrogens (tertiary/aromatic N) is 5. The van der Waals surface area contributed by atoms with Crippen molar-refractivity contribution >= 4 is 46.1 Å². The lowest BCUT2D eigenvalue weighted by atomic mass is 9.71. The summed E-state index contributed by atoms with van der Waals surface area (Å²) in [5.41, 5.74) is 2.35. The zero-order chi connectivity index (χ0) is 30.1. The van der Waals surface area contributed by atoms with E-state index in [2.05, 4.69) is 10.3 Å². The van der Waals surface area contributed by atoms with Crippen molar-refractivity contribution in [3.8, 4) is 0 Å². The van der Waals surface area contributed by atoms with E-state index in [0.29, 0.717) is 55.8 Å². The standard InChI is InChI=1S/C31H38ClFN6O3/c1-5-24(41)38-12-14-39(15-13-38)30-21-17-22(32)27(26-18(2)23(40)16-19-8-6-7-9-20(19)26)28(33)29(21)35-31(36-30)34-11-10-25(42)37(3)4/h6-9,17-18,23,26,40H,5,10-16H2,1-4H3,(H,34,35,36)/t18-,23-,26-/m0/s1. The molecule has 11 heteroatoms. The van der Waals surface area contributed by atoms with E-state index in [9.17, 15) is 14.7 Å². The second kappa shape index (κ2) is 12.4. The van der Waals surface area contributed by atoms with Gasteiger partial charge in [0, 0.05) is 81.6 Å². The summed E-state index contributed by atoms with van der Waals surface area (Å²) < 4.78 is 16.8. The molecule has 5 rings (SSSR count). The van der Waals surface area contributed by atoms with Gasteiger partial charge in [0.15, 0.2) is 5.82 Å². The highest BCUT2D eigenvalue weighted by Gasteiger charge is 2.37. The monoisotopic (exact) mass is 596 g/mol. The van der Waals surface area contributed by atoms with Crippen LogP contribution >= 0.6 is 11.6 Å². The first-order valence-corrected chi connectivity index (χ1v) is 14.9. The van der Waals surface area contributed by atoms with Gasteiger partial charge in [0.2, 0.25) is 17.8 Å². The first-order valence-electron chi connectivity index (χ1n) is 14.5. The van der Waals surface area contributed by atoms with Crippen LogP contribution in [0.2, 0.25) is 5.02 Å². The van der Waals surface area contributed by atoms with Crippen LogP contribution in [0.4, 0.5) is 16.2 Å². The lowest BCUT2D eigenvalue weighted by Gasteiger charge is -2.37. The molecule has 3 aromatic rings. The lowest BCUT2D eigenvalue weighted by molar-refractivity contribution is -0.131. The van der Waals surface area contributed by atoms with Gasteiger partial charge in [-0.05, 0) is 29.5 Å². The molecule has 2 aliphatic rings. The van der Waals surface area contributed by atoms with Gasteiger partial charge >= 0.3 is 0 Å². The minimum Gasteiger partial charge on any atom is -0.392 e. The predicted molar refractivity (Wildman–Crippen MR) is 163 cm³/mol. The maximum atomic E-state index is 16.8. The summed E-state index contributed by atoms with van der Waals surface area (Å²) >= 11 is 6.90. The molecule has 1 aliphatic carbocycles. The van der Waals surface area contributed by atoms with Crippen molar-refractivity contribution in [3.63, 3.8) is 0 Å². The van der Waals surface area contributed by atoms with Crippen molar-refractivity contribution in [1.29, 1.82) is 0 Å². The first kappa shape index (κ1) is 30.0. The Balaban J connectivity index is 1.60. The number of nitrogens with one attached hydrogen (secondary N) is 1. The summed E-state index contributed by atoms with van der Waals surface area (Å²) in [4.78, 5) is 39.1. The summed E-state index contributed by atoms with van der Waals surface area (Å²) in [6, 6.07) is 9.50. The largest absolute Gasteiger partial charge is 0.392 e. The van der Waals surface area contributed by atoms with Gasteiger partial charge in [-0.2, -0.15) is 4.98 Å². The molecule has 9 nitrogen and oxygen atoms in total. The molecular formula is C31H38ClFN6O3. The van der Waals surface area contributed by atoms with Gasteiger partial charge in [-0.15, -0.1) is 0 Å². The molecule has 1 aliphatic heterocycles. The number of piperazine rings is 1. The maximum Gasteiger partial charge on any atom is 0.225 e. The van der Waals surface area contributed by atoms with Crippen molar-refractivity contribution in [2.24, 2.45) is 5.92 Å². The SMILES string of the molecule is CCC(=O)N1CCN(c2nc(NCCC(=O)N(C)C)nc3c(F)c([C@@H]4c5ccccc5C[C@H](O)[C@@H]4C)c(Cl)cc23)CC1. The molecule has 2 aromatic carbocycles. The average molecular weight is 597 g/mol. The Bertz CT molecular complexity index is 1490. The van der Waals surface area contributed by atoms with Crippen LogP contribution in [0.25, 0.3) is 10.9 Å². The fraction of sp³-hybridized carbons (Fsp3) is 0.484. The fourth-order valence-electron chi connectivity index (χ4n) is 6.05. The van der Waals surface area contributed by atoms with Crippen LogP contribution in [0.15, 0.2) is 30.3 Å². The van der Waals surface area contributed by atoms with E-state index in [1.807, 2.05) is 47.9 Å². The average Bonchev–Trinajstić information content (AvgIpc) is 2.98. The Labute approximate surface area is 250 Å². The summed E-state index contributed by atoms with van der Waals surface area (Å²) in [6.45, 7) is 6.15. The summed E-state index contributed by atoms with van der Waals surface area (Å²) in [5.74, 6) is -0.506. The van der Waals surface area contributed by atoms with Crippen LogP contribution in [0.1, 0.15) is 49.3 Å². The second-order valence-electron chi connectivity index (χ2n) is 11.3. The molecule has 0 radical (unpaired) electrons. The molecule has 0 saturated carbocycles. The number of carbonyl (C=O) groups excluding carboxylic acids is 2.